The molecule has 1 fully saturated rings. The first kappa shape index (κ1) is 17.0. The molecular formula is C16H20N6O3S. The summed E-state index contributed by atoms with van der Waals surface area (Å²) in [7, 11) is -1.49. The average molecular weight is 376 g/mol. The molecule has 1 N–H and O–H groups in total. The lowest BCUT2D eigenvalue weighted by Crippen LogP contribution is -2.37. The van der Waals surface area contributed by atoms with E-state index in [4.69, 9.17) is 0 Å². The van der Waals surface area contributed by atoms with Gasteiger partial charge in [-0.3, -0.25) is 19.5 Å². The Labute approximate surface area is 150 Å². The number of sulfone groups is 1. The van der Waals surface area contributed by atoms with Gasteiger partial charge in [-0.2, -0.15) is 10.1 Å². The molecule has 0 unspecified atom stereocenters. The summed E-state index contributed by atoms with van der Waals surface area (Å²) in [6, 6.07) is 0. The van der Waals surface area contributed by atoms with Crippen molar-refractivity contribution < 1.29 is 8.42 Å². The molecule has 0 bridgehead atoms. The second-order valence-electron chi connectivity index (χ2n) is 6.79. The van der Waals surface area contributed by atoms with Crippen LogP contribution in [0.2, 0.25) is 0 Å². The molecule has 26 heavy (non-hydrogen) atoms. The number of anilines is 1. The Kier molecular flexibility index (Phi) is 3.94. The predicted molar refractivity (Wildman–Crippen MR) is 99.3 cm³/mol. The van der Waals surface area contributed by atoms with Crippen molar-refractivity contribution in [2.45, 2.75) is 12.8 Å². The Hall–Kier alpha value is -2.49. The summed E-state index contributed by atoms with van der Waals surface area (Å²) in [5.74, 6) is 0.718. The molecule has 10 heteroatoms. The highest BCUT2D eigenvalue weighted by molar-refractivity contribution is 7.95. The van der Waals surface area contributed by atoms with Crippen LogP contribution in [0.15, 0.2) is 26.5 Å². The topological polar surface area (TPSA) is 113 Å². The fraction of sp³-hybridized carbons (Fsp3) is 0.500. The minimum absolute atomic E-state index is 0.186. The van der Waals surface area contributed by atoms with Gasteiger partial charge >= 0.3 is 0 Å². The van der Waals surface area contributed by atoms with E-state index in [-0.39, 0.29) is 11.5 Å². The largest absolute Gasteiger partial charge is 0.342 e. The molecule has 4 rings (SSSR count). The Morgan fingerprint density at radius 3 is 2.69 bits per heavy atom. The molecule has 0 spiro atoms. The van der Waals surface area contributed by atoms with E-state index in [2.05, 4.69) is 20.1 Å². The van der Waals surface area contributed by atoms with Crippen LogP contribution in [-0.4, -0.2) is 60.3 Å². The molecular weight excluding hydrogens is 356 g/mol. The number of aryl methyl sites for hydroxylation is 1. The first-order valence-electron chi connectivity index (χ1n) is 8.44. The zero-order valence-electron chi connectivity index (χ0n) is 14.6. The first-order valence-corrected chi connectivity index (χ1v) is 10.3. The maximum absolute atomic E-state index is 12.2. The summed E-state index contributed by atoms with van der Waals surface area (Å²) < 4.78 is 25.4. The van der Waals surface area contributed by atoms with Gasteiger partial charge < -0.3 is 4.90 Å². The van der Waals surface area contributed by atoms with Crippen LogP contribution in [0.4, 0.5) is 5.95 Å². The number of nitrogens with one attached hydrogen (secondary N) is 1. The third kappa shape index (κ3) is 2.83. The molecule has 4 heterocycles. The highest BCUT2D eigenvalue weighted by Crippen LogP contribution is 2.31. The fourth-order valence-electron chi connectivity index (χ4n) is 3.66. The van der Waals surface area contributed by atoms with E-state index < -0.39 is 9.84 Å². The fourth-order valence-corrected chi connectivity index (χ4v) is 4.64. The van der Waals surface area contributed by atoms with Crippen LogP contribution in [0.25, 0.3) is 11.0 Å². The molecule has 2 aliphatic heterocycles. The summed E-state index contributed by atoms with van der Waals surface area (Å²) in [6.45, 7) is 1.85. The van der Waals surface area contributed by atoms with Gasteiger partial charge in [0.2, 0.25) is 5.95 Å². The maximum atomic E-state index is 12.2. The van der Waals surface area contributed by atoms with Gasteiger partial charge in [0.05, 0.1) is 17.6 Å². The van der Waals surface area contributed by atoms with E-state index in [9.17, 15) is 13.2 Å². The summed E-state index contributed by atoms with van der Waals surface area (Å²) in [5, 5.41) is 4.55. The molecule has 0 aliphatic carbocycles. The van der Waals surface area contributed by atoms with Crippen LogP contribution in [0.1, 0.15) is 12.8 Å². The number of hydrogen-bond donors (Lipinski definition) is 1. The second-order valence-corrected chi connectivity index (χ2v) is 8.77. The van der Waals surface area contributed by atoms with Crippen molar-refractivity contribution in [1.82, 2.24) is 19.7 Å². The Bertz CT molecular complexity index is 1090. The van der Waals surface area contributed by atoms with Gasteiger partial charge in [-0.05, 0) is 24.3 Å². The summed E-state index contributed by atoms with van der Waals surface area (Å²) in [6.07, 6.45) is 5.81. The Morgan fingerprint density at radius 1 is 1.27 bits per heavy atom. The highest BCUT2D eigenvalue weighted by atomic mass is 32.2. The number of aliphatic imine (C=N–C) groups is 1. The smallest absolute Gasteiger partial charge is 0.263 e. The van der Waals surface area contributed by atoms with Gasteiger partial charge in [0.1, 0.15) is 5.39 Å². The number of rotatable bonds is 3. The first-order chi connectivity index (χ1) is 12.3. The molecule has 9 nitrogen and oxygen atoms in total. The number of aromatic amines is 1. The van der Waals surface area contributed by atoms with Crippen molar-refractivity contribution >= 4 is 33.0 Å². The number of aromatic nitrogens is 4. The normalized spacial score (nSPS) is 19.1. The standard InChI is InChI=1S/C16H20N6O3S/c1-21-14-12(8-18-21)15(23)20-16(19-14)22-5-3-10(4-6-22)11-7-17-9-13(11)26(2,24)25/h8-10H,3-7H2,1-2H3,(H,19,20,23). The van der Waals surface area contributed by atoms with Gasteiger partial charge in [0.25, 0.3) is 5.56 Å². The van der Waals surface area contributed by atoms with Gasteiger partial charge in [-0.15, -0.1) is 0 Å². The van der Waals surface area contributed by atoms with Crippen molar-refractivity contribution in [2.75, 3.05) is 30.8 Å². The van der Waals surface area contributed by atoms with E-state index in [0.29, 0.717) is 41.5 Å². The van der Waals surface area contributed by atoms with Crippen molar-refractivity contribution in [3.63, 3.8) is 0 Å². The van der Waals surface area contributed by atoms with Crippen molar-refractivity contribution in [3.05, 3.63) is 27.0 Å². The SMILES string of the molecule is Cn1ncc2c(=O)[nH]c(N3CCC(C4=C(S(C)(=O)=O)C=NC4)CC3)nc21. The molecule has 138 valence electrons. The molecule has 2 aromatic rings. The van der Waals surface area contributed by atoms with Crippen LogP contribution in [-0.2, 0) is 16.9 Å². The molecule has 2 aliphatic rings. The molecule has 0 saturated carbocycles. The molecule has 2 aromatic heterocycles. The maximum Gasteiger partial charge on any atom is 0.263 e. The number of piperidine rings is 1. The highest BCUT2D eigenvalue weighted by Gasteiger charge is 2.29. The van der Waals surface area contributed by atoms with Crippen molar-refractivity contribution in [3.8, 4) is 0 Å². The van der Waals surface area contributed by atoms with Crippen LogP contribution in [0.5, 0.6) is 0 Å². The zero-order valence-corrected chi connectivity index (χ0v) is 15.5. The Balaban J connectivity index is 1.56. The van der Waals surface area contributed by atoms with Crippen LogP contribution >= 0.6 is 0 Å². The molecule has 0 atom stereocenters. The van der Waals surface area contributed by atoms with Gasteiger partial charge in [-0.25, -0.2) is 8.42 Å². The second kappa shape index (κ2) is 6.04. The molecule has 0 aromatic carbocycles. The molecule has 1 saturated heterocycles. The third-order valence-corrected chi connectivity index (χ3v) is 6.23. The number of H-pyrrole nitrogens is 1. The van der Waals surface area contributed by atoms with Crippen LogP contribution in [0.3, 0.4) is 0 Å². The summed E-state index contributed by atoms with van der Waals surface area (Å²) >= 11 is 0. The van der Waals surface area contributed by atoms with E-state index >= 15 is 0 Å². The lowest BCUT2D eigenvalue weighted by molar-refractivity contribution is 0.450. The van der Waals surface area contributed by atoms with E-state index in [1.807, 2.05) is 4.90 Å². The van der Waals surface area contributed by atoms with Crippen LogP contribution < -0.4 is 10.5 Å². The monoisotopic (exact) mass is 376 g/mol. The molecule has 0 radical (unpaired) electrons. The number of fused-ring (bicyclic) bond motifs is 1. The third-order valence-electron chi connectivity index (χ3n) is 5.06. The quantitative estimate of drug-likeness (QED) is 0.822. The average Bonchev–Trinajstić information content (AvgIpc) is 3.23. The van der Waals surface area contributed by atoms with E-state index in [1.165, 1.54) is 18.7 Å². The number of nitrogens with zero attached hydrogens (tertiary/aromatic N) is 5. The lowest BCUT2D eigenvalue weighted by atomic mass is 9.89. The molecule has 0 amide bonds. The van der Waals surface area contributed by atoms with Gasteiger partial charge in [0.15, 0.2) is 15.5 Å². The van der Waals surface area contributed by atoms with Crippen molar-refractivity contribution in [2.24, 2.45) is 18.0 Å². The minimum Gasteiger partial charge on any atom is -0.342 e. The van der Waals surface area contributed by atoms with E-state index in [1.54, 1.807) is 11.7 Å². The number of hydrogen-bond acceptors (Lipinski definition) is 7. The van der Waals surface area contributed by atoms with Crippen molar-refractivity contribution in [1.29, 1.82) is 0 Å². The van der Waals surface area contributed by atoms with Crippen LogP contribution in [0, 0.1) is 5.92 Å². The van der Waals surface area contributed by atoms with Gasteiger partial charge in [0, 0.05) is 32.6 Å². The lowest BCUT2D eigenvalue weighted by Gasteiger charge is -2.33. The number of allylic oxidation sites excluding steroid dienone is 1. The summed E-state index contributed by atoms with van der Waals surface area (Å²) in [5.41, 5.74) is 1.26. The zero-order chi connectivity index (χ0) is 18.5. The van der Waals surface area contributed by atoms with Gasteiger partial charge in [-0.1, -0.05) is 0 Å². The predicted octanol–water partition coefficient (Wildman–Crippen LogP) is 0.256. The summed E-state index contributed by atoms with van der Waals surface area (Å²) in [4.78, 5) is 26.1. The Morgan fingerprint density at radius 2 is 2.00 bits per heavy atom. The minimum atomic E-state index is -3.25. The van der Waals surface area contributed by atoms with E-state index in [0.717, 1.165) is 18.4 Å².